The number of carbonyl (C=O) groups excluding carboxylic acids is 4. The van der Waals surface area contributed by atoms with Gasteiger partial charge in [-0.05, 0) is 53.8 Å². The molecule has 0 saturated carbocycles. The molecule has 1 aliphatic carbocycles. The molecular formula is C25H27FN4O6. The Morgan fingerprint density at radius 1 is 1.14 bits per heavy atom. The molecule has 0 spiro atoms. The minimum atomic E-state index is -1.55. The monoisotopic (exact) mass is 498 g/mol. The van der Waals surface area contributed by atoms with Crippen molar-refractivity contribution >= 4 is 35.9 Å². The van der Waals surface area contributed by atoms with Crippen molar-refractivity contribution < 1.29 is 33.5 Å². The third kappa shape index (κ3) is 6.65. The number of aryl methyl sites for hydroxylation is 1. The van der Waals surface area contributed by atoms with Gasteiger partial charge in [-0.15, -0.1) is 0 Å². The smallest absolute Gasteiger partial charge is 0.414 e. The van der Waals surface area contributed by atoms with E-state index in [0.29, 0.717) is 41.0 Å². The number of amides is 5. The van der Waals surface area contributed by atoms with Crippen LogP contribution < -0.4 is 10.6 Å². The first-order valence-corrected chi connectivity index (χ1v) is 11.3. The summed E-state index contributed by atoms with van der Waals surface area (Å²) in [5, 5.41) is 14.9. The van der Waals surface area contributed by atoms with E-state index in [0.717, 1.165) is 5.56 Å². The van der Waals surface area contributed by atoms with E-state index in [1.54, 1.807) is 18.2 Å². The lowest BCUT2D eigenvalue weighted by atomic mass is 9.99. The Hall–Kier alpha value is -4.28. The summed E-state index contributed by atoms with van der Waals surface area (Å²) in [5.41, 5.74) is 2.65. The summed E-state index contributed by atoms with van der Waals surface area (Å²) in [6.45, 7) is 0.853. The summed E-state index contributed by atoms with van der Waals surface area (Å²) >= 11 is 0. The van der Waals surface area contributed by atoms with E-state index in [1.165, 1.54) is 36.1 Å². The van der Waals surface area contributed by atoms with E-state index in [1.807, 2.05) is 0 Å². The van der Waals surface area contributed by atoms with Crippen molar-refractivity contribution in [3.8, 4) is 0 Å². The highest BCUT2D eigenvalue weighted by atomic mass is 19.1. The van der Waals surface area contributed by atoms with Gasteiger partial charge in [0.1, 0.15) is 12.4 Å². The summed E-state index contributed by atoms with van der Waals surface area (Å²) < 4.78 is 13.3. The summed E-state index contributed by atoms with van der Waals surface area (Å²) in [5.74, 6) is -2.82. The molecule has 5 amide bonds. The van der Waals surface area contributed by atoms with Crippen molar-refractivity contribution in [2.45, 2.75) is 32.2 Å². The largest absolute Gasteiger partial charge is 0.465 e. The van der Waals surface area contributed by atoms with Crippen LogP contribution in [0.5, 0.6) is 0 Å². The molecule has 3 N–H and O–H groups in total. The van der Waals surface area contributed by atoms with Gasteiger partial charge in [-0.1, -0.05) is 18.2 Å². The topological polar surface area (TPSA) is 136 Å². The molecule has 0 saturated heterocycles. The fourth-order valence-electron chi connectivity index (χ4n) is 4.16. The van der Waals surface area contributed by atoms with Crippen molar-refractivity contribution in [1.82, 2.24) is 15.1 Å². The van der Waals surface area contributed by atoms with Crippen LogP contribution in [0.4, 0.5) is 14.9 Å². The van der Waals surface area contributed by atoms with Gasteiger partial charge in [-0.3, -0.25) is 19.2 Å². The van der Waals surface area contributed by atoms with Gasteiger partial charge in [0.05, 0.1) is 5.92 Å². The van der Waals surface area contributed by atoms with Gasteiger partial charge in [0, 0.05) is 32.2 Å². The van der Waals surface area contributed by atoms with Gasteiger partial charge in [-0.2, -0.15) is 0 Å². The molecule has 2 aromatic rings. The number of rotatable bonds is 10. The molecule has 0 aromatic heterocycles. The zero-order chi connectivity index (χ0) is 26.2. The van der Waals surface area contributed by atoms with Gasteiger partial charge in [-0.25, -0.2) is 14.1 Å². The fourth-order valence-corrected chi connectivity index (χ4v) is 4.16. The van der Waals surface area contributed by atoms with Crippen LogP contribution in [0.3, 0.4) is 0 Å². The van der Waals surface area contributed by atoms with Crippen LogP contribution in [-0.4, -0.2) is 64.8 Å². The van der Waals surface area contributed by atoms with Crippen molar-refractivity contribution in [2.24, 2.45) is 0 Å². The Bertz CT molecular complexity index is 1150. The predicted octanol–water partition coefficient (Wildman–Crippen LogP) is 2.10. The van der Waals surface area contributed by atoms with Crippen molar-refractivity contribution in [3.05, 3.63) is 65.0 Å². The lowest BCUT2D eigenvalue weighted by Gasteiger charge is -2.27. The SMILES string of the molecule is CC(=O)NCCN(Cc1ccc(F)cc1)C(=O)CN(C(=O)O)C(=O)C1CCc2cc(NC=O)ccc21. The number of hydrogen-bond donors (Lipinski definition) is 3. The third-order valence-electron chi connectivity index (χ3n) is 5.93. The second-order valence-corrected chi connectivity index (χ2v) is 8.40. The van der Waals surface area contributed by atoms with Gasteiger partial charge >= 0.3 is 6.09 Å². The lowest BCUT2D eigenvalue weighted by molar-refractivity contribution is -0.140. The van der Waals surface area contributed by atoms with Gasteiger partial charge in [0.2, 0.25) is 24.1 Å². The third-order valence-corrected chi connectivity index (χ3v) is 5.93. The zero-order valence-corrected chi connectivity index (χ0v) is 19.7. The van der Waals surface area contributed by atoms with E-state index in [-0.39, 0.29) is 25.5 Å². The first-order valence-electron chi connectivity index (χ1n) is 11.3. The molecule has 1 unspecified atom stereocenters. The van der Waals surface area contributed by atoms with Crippen LogP contribution in [0.2, 0.25) is 0 Å². The minimum Gasteiger partial charge on any atom is -0.465 e. The fraction of sp³-hybridized carbons (Fsp3) is 0.320. The standard InChI is InChI=1S/C25H27FN4O6/c1-16(32)27-10-11-29(13-17-2-5-19(26)6-3-17)23(33)14-30(25(35)36)24(34)22-8-4-18-12-20(28-15-31)7-9-21(18)22/h2-3,5-7,9,12,15,22H,4,8,10-11,13-14H2,1H3,(H,27,32)(H,28,31)(H,35,36). The summed E-state index contributed by atoms with van der Waals surface area (Å²) in [4.78, 5) is 62.1. The molecule has 1 atom stereocenters. The minimum absolute atomic E-state index is 0.0408. The molecular weight excluding hydrogens is 471 g/mol. The molecule has 36 heavy (non-hydrogen) atoms. The van der Waals surface area contributed by atoms with E-state index < -0.39 is 36.2 Å². The molecule has 0 heterocycles. The average Bonchev–Trinajstić information content (AvgIpc) is 3.25. The number of halogens is 1. The van der Waals surface area contributed by atoms with E-state index in [2.05, 4.69) is 10.6 Å². The quantitative estimate of drug-likeness (QED) is 0.429. The predicted molar refractivity (Wildman–Crippen MR) is 127 cm³/mol. The van der Waals surface area contributed by atoms with E-state index in [4.69, 9.17) is 0 Å². The molecule has 2 aromatic carbocycles. The lowest BCUT2D eigenvalue weighted by Crippen LogP contribution is -2.47. The maximum atomic E-state index is 13.3. The van der Waals surface area contributed by atoms with Crippen LogP contribution in [0, 0.1) is 5.82 Å². The van der Waals surface area contributed by atoms with E-state index in [9.17, 15) is 33.5 Å². The molecule has 1 aliphatic rings. The molecule has 0 fully saturated rings. The number of benzene rings is 2. The molecule has 0 aliphatic heterocycles. The Balaban J connectivity index is 1.76. The summed E-state index contributed by atoms with van der Waals surface area (Å²) in [6.07, 6.45) is -0.113. The summed E-state index contributed by atoms with van der Waals surface area (Å²) in [6, 6.07) is 10.5. The number of nitrogens with one attached hydrogen (secondary N) is 2. The van der Waals surface area contributed by atoms with Crippen molar-refractivity contribution in [1.29, 1.82) is 0 Å². The zero-order valence-electron chi connectivity index (χ0n) is 19.7. The van der Waals surface area contributed by atoms with Gasteiger partial charge in [0.25, 0.3) is 0 Å². The Kier molecular flexibility index (Phi) is 8.71. The highest BCUT2D eigenvalue weighted by molar-refractivity contribution is 5.99. The van der Waals surface area contributed by atoms with Crippen LogP contribution >= 0.6 is 0 Å². The number of hydrogen-bond acceptors (Lipinski definition) is 5. The Morgan fingerprint density at radius 3 is 2.50 bits per heavy atom. The number of imide groups is 1. The maximum absolute atomic E-state index is 13.3. The molecule has 11 heteroatoms. The number of carbonyl (C=O) groups is 5. The highest BCUT2D eigenvalue weighted by Crippen LogP contribution is 2.36. The Labute approximate surface area is 207 Å². The van der Waals surface area contributed by atoms with Crippen LogP contribution in [0.1, 0.15) is 36.0 Å². The molecule has 0 bridgehead atoms. The van der Waals surface area contributed by atoms with Crippen molar-refractivity contribution in [3.63, 3.8) is 0 Å². The molecule has 3 rings (SSSR count). The Morgan fingerprint density at radius 2 is 1.86 bits per heavy atom. The van der Waals surface area contributed by atoms with Crippen LogP contribution in [0.15, 0.2) is 42.5 Å². The first-order chi connectivity index (χ1) is 17.2. The van der Waals surface area contributed by atoms with Crippen molar-refractivity contribution in [2.75, 3.05) is 25.0 Å². The van der Waals surface area contributed by atoms with E-state index >= 15 is 0 Å². The summed E-state index contributed by atoms with van der Waals surface area (Å²) in [7, 11) is 0. The number of carboxylic acid groups (broad SMARTS) is 1. The average molecular weight is 499 g/mol. The van der Waals surface area contributed by atoms with Gasteiger partial charge in [0.15, 0.2) is 0 Å². The van der Waals surface area contributed by atoms with Gasteiger partial charge < -0.3 is 20.6 Å². The first kappa shape index (κ1) is 26.3. The maximum Gasteiger partial charge on any atom is 0.414 e. The molecule has 190 valence electrons. The highest BCUT2D eigenvalue weighted by Gasteiger charge is 2.36. The normalized spacial score (nSPS) is 13.9. The van der Waals surface area contributed by atoms with Crippen LogP contribution in [0.25, 0.3) is 0 Å². The molecule has 10 nitrogen and oxygen atoms in total. The number of anilines is 1. The molecule has 0 radical (unpaired) electrons. The second kappa shape index (κ2) is 11.9. The van der Waals surface area contributed by atoms with Crippen LogP contribution in [-0.2, 0) is 32.1 Å². The number of nitrogens with zero attached hydrogens (tertiary/aromatic N) is 2. The number of fused-ring (bicyclic) bond motifs is 1. The second-order valence-electron chi connectivity index (χ2n) is 8.40.